The number of benzene rings is 1. The number of carboxylic acid groups (broad SMARTS) is 1. The van der Waals surface area contributed by atoms with Crippen molar-refractivity contribution in [2.24, 2.45) is 17.3 Å². The van der Waals surface area contributed by atoms with Gasteiger partial charge in [0, 0.05) is 25.9 Å². The third-order valence-corrected chi connectivity index (χ3v) is 7.55. The first-order valence-electron chi connectivity index (χ1n) is 13.5. The van der Waals surface area contributed by atoms with Gasteiger partial charge in [-0.25, -0.2) is 9.86 Å². The number of rotatable bonds is 11. The molecule has 3 rings (SSSR count). The van der Waals surface area contributed by atoms with Gasteiger partial charge in [-0.1, -0.05) is 46.5 Å². The Morgan fingerprint density at radius 2 is 1.71 bits per heavy atom. The van der Waals surface area contributed by atoms with E-state index in [9.17, 15) is 24.4 Å². The Hall–Kier alpha value is -3.14. The number of carboxylic acids is 1. The van der Waals surface area contributed by atoms with Gasteiger partial charge in [-0.2, -0.15) is 0 Å². The Balaban J connectivity index is 1.60. The van der Waals surface area contributed by atoms with Gasteiger partial charge in [0.25, 0.3) is 0 Å². The van der Waals surface area contributed by atoms with E-state index in [-0.39, 0.29) is 30.0 Å². The predicted octanol–water partition coefficient (Wildman–Crippen LogP) is 3.33. The lowest BCUT2D eigenvalue weighted by Crippen LogP contribution is -2.58. The minimum Gasteiger partial charge on any atom is -0.490 e. The van der Waals surface area contributed by atoms with Crippen molar-refractivity contribution in [1.29, 1.82) is 0 Å². The highest BCUT2D eigenvalue weighted by Gasteiger charge is 2.39. The predicted molar refractivity (Wildman–Crippen MR) is 140 cm³/mol. The molecule has 38 heavy (non-hydrogen) atoms. The summed E-state index contributed by atoms with van der Waals surface area (Å²) in [7, 11) is 0. The first-order valence-corrected chi connectivity index (χ1v) is 13.5. The molecule has 10 heteroatoms. The van der Waals surface area contributed by atoms with Gasteiger partial charge < -0.3 is 20.1 Å². The second kappa shape index (κ2) is 13.1. The zero-order valence-electron chi connectivity index (χ0n) is 22.6. The average Bonchev–Trinajstić information content (AvgIpc) is 3.39. The number of hydrogen-bond donors (Lipinski definition) is 3. The van der Waals surface area contributed by atoms with Gasteiger partial charge in [-0.3, -0.25) is 19.6 Å². The Kier molecular flexibility index (Phi) is 10.1. The highest BCUT2D eigenvalue weighted by molar-refractivity contribution is 5.89. The van der Waals surface area contributed by atoms with E-state index in [1.165, 1.54) is 12.1 Å². The van der Waals surface area contributed by atoms with E-state index in [0.717, 1.165) is 25.7 Å². The number of carbonyl (C=O) groups is 4. The largest absolute Gasteiger partial charge is 0.490 e. The van der Waals surface area contributed by atoms with Gasteiger partial charge in [0.1, 0.15) is 17.9 Å². The molecule has 0 aromatic heterocycles. The number of aromatic carboxylic acids is 1. The van der Waals surface area contributed by atoms with E-state index in [1.54, 1.807) is 17.0 Å². The van der Waals surface area contributed by atoms with Crippen molar-refractivity contribution in [3.8, 4) is 5.75 Å². The van der Waals surface area contributed by atoms with Crippen molar-refractivity contribution in [1.82, 2.24) is 15.3 Å². The quantitative estimate of drug-likeness (QED) is 0.226. The van der Waals surface area contributed by atoms with Crippen LogP contribution in [0.15, 0.2) is 24.3 Å². The summed E-state index contributed by atoms with van der Waals surface area (Å²) in [5.74, 6) is -1.13. The smallest absolute Gasteiger partial charge is 0.335 e. The summed E-state index contributed by atoms with van der Waals surface area (Å²) in [4.78, 5) is 50.8. The van der Waals surface area contributed by atoms with E-state index in [4.69, 9.17) is 9.84 Å². The molecule has 2 fully saturated rings. The van der Waals surface area contributed by atoms with Gasteiger partial charge in [0.15, 0.2) is 0 Å². The van der Waals surface area contributed by atoms with Crippen LogP contribution in [0.3, 0.4) is 0 Å². The number of amides is 3. The van der Waals surface area contributed by atoms with Crippen molar-refractivity contribution in [2.75, 3.05) is 19.6 Å². The van der Waals surface area contributed by atoms with Gasteiger partial charge in [-0.05, 0) is 42.0 Å². The molecule has 0 bridgehead atoms. The van der Waals surface area contributed by atoms with E-state index < -0.39 is 23.3 Å². The van der Waals surface area contributed by atoms with Gasteiger partial charge in [0.2, 0.25) is 18.2 Å². The molecule has 1 aromatic rings. The second-order valence-electron chi connectivity index (χ2n) is 11.6. The summed E-state index contributed by atoms with van der Waals surface area (Å²) in [6.07, 6.45) is 6.27. The fraction of sp³-hybridized carbons (Fsp3) is 0.643. The Morgan fingerprint density at radius 3 is 2.24 bits per heavy atom. The molecule has 0 radical (unpaired) electrons. The van der Waals surface area contributed by atoms with Crippen LogP contribution in [0.1, 0.15) is 76.1 Å². The second-order valence-corrected chi connectivity index (χ2v) is 11.6. The molecule has 2 atom stereocenters. The minimum absolute atomic E-state index is 0.104. The average molecular weight is 532 g/mol. The zero-order chi connectivity index (χ0) is 27.9. The van der Waals surface area contributed by atoms with Gasteiger partial charge >= 0.3 is 5.97 Å². The number of ether oxygens (including phenoxy) is 1. The van der Waals surface area contributed by atoms with Crippen LogP contribution in [0.2, 0.25) is 0 Å². The van der Waals surface area contributed by atoms with E-state index >= 15 is 0 Å². The standard InChI is InChI=1S/C28H41N3O7/c1-28(2,3)24(29-25(33)21(17-31(37)18-32)16-19-6-4-5-7-19)26(34)30-14-12-23(13-15-30)38-22-10-8-20(9-11-22)27(35)36/h8-11,18-19,21,23-24,37H,4-7,12-17H2,1-3H3,(H,29,33)(H,35,36)/t21-,24-/m1/s1. The van der Waals surface area contributed by atoms with Crippen LogP contribution in [0, 0.1) is 17.3 Å². The fourth-order valence-electron chi connectivity index (χ4n) is 5.34. The molecule has 1 saturated carbocycles. The molecule has 1 aliphatic heterocycles. The molecule has 2 aliphatic rings. The number of piperidine rings is 1. The molecule has 0 unspecified atom stereocenters. The van der Waals surface area contributed by atoms with Gasteiger partial charge in [0.05, 0.1) is 18.0 Å². The van der Waals surface area contributed by atoms with Crippen LogP contribution < -0.4 is 10.1 Å². The highest BCUT2D eigenvalue weighted by atomic mass is 16.5. The van der Waals surface area contributed by atoms with Crippen LogP contribution in [0.25, 0.3) is 0 Å². The number of nitrogens with one attached hydrogen (secondary N) is 1. The molecular formula is C28H41N3O7. The molecule has 3 amide bonds. The van der Waals surface area contributed by atoms with E-state index in [2.05, 4.69) is 5.32 Å². The third-order valence-electron chi connectivity index (χ3n) is 7.55. The Labute approximate surface area is 224 Å². The normalized spacial score (nSPS) is 18.5. The van der Waals surface area contributed by atoms with Crippen LogP contribution >= 0.6 is 0 Å². The maximum absolute atomic E-state index is 13.6. The van der Waals surface area contributed by atoms with Crippen molar-refractivity contribution >= 4 is 24.2 Å². The molecule has 1 saturated heterocycles. The first-order chi connectivity index (χ1) is 18.0. The number of carbonyl (C=O) groups excluding carboxylic acids is 3. The van der Waals surface area contributed by atoms with Crippen molar-refractivity contribution in [3.05, 3.63) is 29.8 Å². The first kappa shape index (κ1) is 29.4. The summed E-state index contributed by atoms with van der Waals surface area (Å²) >= 11 is 0. The molecule has 3 N–H and O–H groups in total. The van der Waals surface area contributed by atoms with Crippen LogP contribution in [-0.4, -0.2) is 76.3 Å². The number of hydrogen-bond acceptors (Lipinski definition) is 6. The summed E-state index contributed by atoms with van der Waals surface area (Å²) < 4.78 is 6.00. The molecule has 10 nitrogen and oxygen atoms in total. The molecule has 0 spiro atoms. The maximum atomic E-state index is 13.6. The summed E-state index contributed by atoms with van der Waals surface area (Å²) in [6, 6.07) is 5.50. The Bertz CT molecular complexity index is 962. The lowest BCUT2D eigenvalue weighted by Gasteiger charge is -2.39. The zero-order valence-corrected chi connectivity index (χ0v) is 22.6. The van der Waals surface area contributed by atoms with Gasteiger partial charge in [-0.15, -0.1) is 0 Å². The number of nitrogens with zero attached hydrogens (tertiary/aromatic N) is 2. The third kappa shape index (κ3) is 8.18. The maximum Gasteiger partial charge on any atom is 0.335 e. The highest BCUT2D eigenvalue weighted by Crippen LogP contribution is 2.31. The molecule has 1 aliphatic carbocycles. The Morgan fingerprint density at radius 1 is 1.11 bits per heavy atom. The summed E-state index contributed by atoms with van der Waals surface area (Å²) in [6.45, 7) is 6.56. The lowest BCUT2D eigenvalue weighted by molar-refractivity contribution is -0.156. The van der Waals surface area contributed by atoms with E-state index in [1.807, 2.05) is 20.8 Å². The number of hydroxylamine groups is 2. The summed E-state index contributed by atoms with van der Waals surface area (Å²) in [5.41, 5.74) is -0.357. The molecule has 1 aromatic carbocycles. The minimum atomic E-state index is -0.994. The summed E-state index contributed by atoms with van der Waals surface area (Å²) in [5, 5.41) is 22.3. The van der Waals surface area contributed by atoms with Crippen molar-refractivity contribution in [3.63, 3.8) is 0 Å². The van der Waals surface area contributed by atoms with Crippen LogP contribution in [0.5, 0.6) is 5.75 Å². The molecule has 1 heterocycles. The molecule has 210 valence electrons. The monoisotopic (exact) mass is 531 g/mol. The van der Waals surface area contributed by atoms with E-state index in [0.29, 0.717) is 55.5 Å². The topological polar surface area (TPSA) is 136 Å². The van der Waals surface area contributed by atoms with Crippen molar-refractivity contribution in [2.45, 2.75) is 77.9 Å². The van der Waals surface area contributed by atoms with Crippen molar-refractivity contribution < 1.29 is 34.2 Å². The van der Waals surface area contributed by atoms with Crippen LogP contribution in [-0.2, 0) is 14.4 Å². The number of likely N-dealkylation sites (tertiary alicyclic amines) is 1. The lowest BCUT2D eigenvalue weighted by atomic mass is 9.84. The SMILES string of the molecule is CC(C)(C)[C@H](NC(=O)[C@H](CC1CCCC1)CN(O)C=O)C(=O)N1CCC(Oc2ccc(C(=O)O)cc2)CC1. The van der Waals surface area contributed by atoms with Crippen LogP contribution in [0.4, 0.5) is 0 Å². The molecular weight excluding hydrogens is 490 g/mol. The fourth-order valence-corrected chi connectivity index (χ4v) is 5.34.